The first kappa shape index (κ1) is 15.7. The van der Waals surface area contributed by atoms with Crippen LogP contribution in [0.25, 0.3) is 16.8 Å². The van der Waals surface area contributed by atoms with Gasteiger partial charge in [-0.2, -0.15) is 0 Å². The number of anilines is 1. The molecule has 122 valence electrons. The molecule has 0 amide bonds. The van der Waals surface area contributed by atoms with Crippen LogP contribution in [0, 0.1) is 0 Å². The quantitative estimate of drug-likeness (QED) is 0.578. The van der Waals surface area contributed by atoms with E-state index in [1.54, 1.807) is 6.20 Å². The third kappa shape index (κ3) is 3.23. The summed E-state index contributed by atoms with van der Waals surface area (Å²) in [6.45, 7) is 0.689. The first-order chi connectivity index (χ1) is 12.2. The molecule has 1 N–H and O–H groups in total. The van der Waals surface area contributed by atoms with E-state index in [-0.39, 0.29) is 0 Å². The Bertz CT molecular complexity index is 1030. The molecule has 4 rings (SSSR count). The van der Waals surface area contributed by atoms with Crippen LogP contribution in [0.3, 0.4) is 0 Å². The van der Waals surface area contributed by atoms with Gasteiger partial charge in [0.1, 0.15) is 0 Å². The van der Waals surface area contributed by atoms with E-state index >= 15 is 0 Å². The van der Waals surface area contributed by atoms with Gasteiger partial charge in [0.05, 0.1) is 5.69 Å². The molecule has 25 heavy (non-hydrogen) atoms. The number of imidazole rings is 1. The van der Waals surface area contributed by atoms with Gasteiger partial charge in [-0.05, 0) is 41.0 Å². The van der Waals surface area contributed by atoms with Crippen LogP contribution in [-0.4, -0.2) is 22.2 Å². The van der Waals surface area contributed by atoms with Crippen LogP contribution in [0.15, 0.2) is 67.3 Å². The summed E-state index contributed by atoms with van der Waals surface area (Å²) in [6.07, 6.45) is 7.62. The Morgan fingerprint density at radius 2 is 2.00 bits per heavy atom. The lowest BCUT2D eigenvalue weighted by molar-refractivity contribution is 1.10. The minimum Gasteiger partial charge on any atom is -0.378 e. The average molecular weight is 347 g/mol. The van der Waals surface area contributed by atoms with Crippen molar-refractivity contribution in [1.29, 1.82) is 0 Å². The maximum absolute atomic E-state index is 6.16. The van der Waals surface area contributed by atoms with E-state index in [0.29, 0.717) is 6.54 Å². The molecule has 6 heteroatoms. The smallest absolute Gasteiger partial charge is 0.163 e. The van der Waals surface area contributed by atoms with Crippen molar-refractivity contribution < 1.29 is 0 Å². The maximum atomic E-state index is 6.16. The van der Waals surface area contributed by atoms with Crippen LogP contribution in [0.5, 0.6) is 0 Å². The van der Waals surface area contributed by atoms with E-state index in [2.05, 4.69) is 44.1 Å². The Morgan fingerprint density at radius 1 is 1.08 bits per heavy atom. The van der Waals surface area contributed by atoms with Gasteiger partial charge >= 0.3 is 0 Å². The first-order valence-corrected chi connectivity index (χ1v) is 8.45. The van der Waals surface area contributed by atoms with E-state index in [9.17, 15) is 0 Å². The molecule has 0 saturated carbocycles. The molecule has 3 heterocycles. The van der Waals surface area contributed by atoms with Crippen molar-refractivity contribution >= 4 is 36.4 Å². The molecule has 0 bridgehead atoms. The number of benzene rings is 1. The summed E-state index contributed by atoms with van der Waals surface area (Å²) in [5.74, 6) is 0. The molecule has 0 unspecified atom stereocenters. The lowest BCUT2D eigenvalue weighted by atomic mass is 10.0. The molecule has 4 nitrogen and oxygen atoms in total. The zero-order valence-corrected chi connectivity index (χ0v) is 14.5. The number of nitrogens with one attached hydrogen (secondary N) is 1. The highest BCUT2D eigenvalue weighted by Crippen LogP contribution is 2.27. The van der Waals surface area contributed by atoms with Crippen molar-refractivity contribution in [3.8, 4) is 11.1 Å². The fourth-order valence-electron chi connectivity index (χ4n) is 2.86. The van der Waals surface area contributed by atoms with Gasteiger partial charge < -0.3 is 9.72 Å². The van der Waals surface area contributed by atoms with E-state index in [1.165, 1.54) is 0 Å². The first-order valence-electron chi connectivity index (χ1n) is 8.07. The highest BCUT2D eigenvalue weighted by molar-refractivity contribution is 6.31. The molecule has 4 aromatic rings. The van der Waals surface area contributed by atoms with Gasteiger partial charge in [0.25, 0.3) is 0 Å². The van der Waals surface area contributed by atoms with Gasteiger partial charge in [-0.1, -0.05) is 29.8 Å². The summed E-state index contributed by atoms with van der Waals surface area (Å²) < 4.78 is 2.10. The highest BCUT2D eigenvalue weighted by atomic mass is 35.5. The molecule has 0 fully saturated rings. The lowest BCUT2D eigenvalue weighted by Crippen LogP contribution is -2.10. The van der Waals surface area contributed by atoms with Crippen molar-refractivity contribution in [2.75, 3.05) is 5.32 Å². The van der Waals surface area contributed by atoms with Crippen LogP contribution in [0.1, 0.15) is 5.56 Å². The number of nitrogens with zero attached hydrogens (tertiary/aromatic N) is 3. The van der Waals surface area contributed by atoms with Gasteiger partial charge in [0.2, 0.25) is 0 Å². The summed E-state index contributed by atoms with van der Waals surface area (Å²) >= 11 is 6.16. The zero-order chi connectivity index (χ0) is 17.2. The molecule has 0 radical (unpaired) electrons. The molecule has 0 aliphatic rings. The van der Waals surface area contributed by atoms with Gasteiger partial charge in [-0.3, -0.25) is 4.98 Å². The third-order valence-corrected chi connectivity index (χ3v) is 4.39. The molecular formula is C19H16BClN4. The second-order valence-electron chi connectivity index (χ2n) is 5.96. The van der Waals surface area contributed by atoms with Crippen molar-refractivity contribution in [3.63, 3.8) is 0 Å². The number of rotatable bonds is 4. The topological polar surface area (TPSA) is 42.2 Å². The summed E-state index contributed by atoms with van der Waals surface area (Å²) in [7, 11) is 2.05. The standard InChI is InChI=1S/C19H16BClN4/c20-18-11-24-19-17(23-10-13-3-2-6-22-9-13)8-15(12-25(18)19)14-4-1-5-16(21)7-14/h1-9,11-12,23H,10,20H2. The summed E-state index contributed by atoms with van der Waals surface area (Å²) in [5, 5.41) is 4.21. The predicted octanol–water partition coefficient (Wildman–Crippen LogP) is 2.92. The fourth-order valence-corrected chi connectivity index (χ4v) is 3.05. The van der Waals surface area contributed by atoms with E-state index in [0.717, 1.165) is 38.6 Å². The Hall–Kier alpha value is -2.79. The summed E-state index contributed by atoms with van der Waals surface area (Å²) in [5.41, 5.74) is 6.26. The Morgan fingerprint density at radius 3 is 2.80 bits per heavy atom. The normalized spacial score (nSPS) is 10.9. The molecule has 0 aliphatic carbocycles. The largest absolute Gasteiger partial charge is 0.378 e. The lowest BCUT2D eigenvalue weighted by Gasteiger charge is -2.12. The maximum Gasteiger partial charge on any atom is 0.163 e. The minimum absolute atomic E-state index is 0.689. The average Bonchev–Trinajstić information content (AvgIpc) is 3.02. The Balaban J connectivity index is 1.77. The van der Waals surface area contributed by atoms with Crippen molar-refractivity contribution in [2.24, 2.45) is 0 Å². The van der Waals surface area contributed by atoms with E-state index in [4.69, 9.17) is 11.6 Å². The van der Waals surface area contributed by atoms with Gasteiger partial charge in [-0.15, -0.1) is 0 Å². The second kappa shape index (κ2) is 6.61. The van der Waals surface area contributed by atoms with Crippen LogP contribution < -0.4 is 10.9 Å². The number of fused-ring (bicyclic) bond motifs is 1. The zero-order valence-electron chi connectivity index (χ0n) is 13.8. The third-order valence-electron chi connectivity index (χ3n) is 4.15. The number of aromatic nitrogens is 3. The monoisotopic (exact) mass is 346 g/mol. The second-order valence-corrected chi connectivity index (χ2v) is 6.40. The van der Waals surface area contributed by atoms with Crippen LogP contribution in [-0.2, 0) is 6.54 Å². The molecule has 3 aromatic heterocycles. The predicted molar refractivity (Wildman–Crippen MR) is 105 cm³/mol. The van der Waals surface area contributed by atoms with Gasteiger partial charge in [0.15, 0.2) is 13.5 Å². The van der Waals surface area contributed by atoms with Crippen molar-refractivity contribution in [2.45, 2.75) is 6.54 Å². The van der Waals surface area contributed by atoms with Crippen LogP contribution >= 0.6 is 11.6 Å². The minimum atomic E-state index is 0.689. The van der Waals surface area contributed by atoms with Gasteiger partial charge in [0, 0.05) is 41.9 Å². The number of halogens is 1. The van der Waals surface area contributed by atoms with E-state index in [1.807, 2.05) is 44.5 Å². The Labute approximate surface area is 151 Å². The Kier molecular flexibility index (Phi) is 4.16. The van der Waals surface area contributed by atoms with Gasteiger partial charge in [-0.25, -0.2) is 4.98 Å². The van der Waals surface area contributed by atoms with E-state index < -0.39 is 0 Å². The molecule has 1 aromatic carbocycles. The summed E-state index contributed by atoms with van der Waals surface area (Å²) in [6, 6.07) is 14.0. The van der Waals surface area contributed by atoms with Crippen molar-refractivity contribution in [1.82, 2.24) is 14.4 Å². The number of hydrogen-bond donors (Lipinski definition) is 1. The number of hydrogen-bond acceptors (Lipinski definition) is 3. The molecular weight excluding hydrogens is 331 g/mol. The molecule has 0 atom stereocenters. The van der Waals surface area contributed by atoms with Crippen LogP contribution in [0.4, 0.5) is 5.69 Å². The fraction of sp³-hybridized carbons (Fsp3) is 0.0526. The number of pyridine rings is 2. The molecule has 0 saturated heterocycles. The SMILES string of the molecule is Bc1cnc2c(NCc3cccnc3)cc(-c3cccc(Cl)c3)cn12. The summed E-state index contributed by atoms with van der Waals surface area (Å²) in [4.78, 5) is 8.70. The molecule has 0 aliphatic heterocycles. The molecule has 0 spiro atoms. The van der Waals surface area contributed by atoms with Crippen LogP contribution in [0.2, 0.25) is 5.02 Å². The van der Waals surface area contributed by atoms with Crippen molar-refractivity contribution in [3.05, 3.63) is 77.8 Å². The highest BCUT2D eigenvalue weighted by Gasteiger charge is 2.09.